The minimum absolute atomic E-state index is 0.0358. The third-order valence-corrected chi connectivity index (χ3v) is 6.02. The largest absolute Gasteiger partial charge is 0.435 e. The number of aromatic amines is 1. The van der Waals surface area contributed by atoms with Crippen LogP contribution in [0.25, 0.3) is 11.0 Å². The zero-order valence-electron chi connectivity index (χ0n) is 19.8. The number of hydrogen-bond acceptors (Lipinski definition) is 6. The minimum Gasteiger partial charge on any atom is -0.435 e. The van der Waals surface area contributed by atoms with Crippen molar-refractivity contribution in [3.63, 3.8) is 0 Å². The molecule has 1 aliphatic rings. The summed E-state index contributed by atoms with van der Waals surface area (Å²) in [6.45, 7) is 6.26. The van der Waals surface area contributed by atoms with Gasteiger partial charge in [0.05, 0.1) is 17.9 Å². The Balaban J connectivity index is 1.30. The molecular weight excluding hydrogens is 451 g/mol. The fraction of sp³-hybridized carbons (Fsp3) is 0.375. The van der Waals surface area contributed by atoms with E-state index in [4.69, 9.17) is 9.84 Å². The molecule has 11 heteroatoms. The summed E-state index contributed by atoms with van der Waals surface area (Å²) in [5.74, 6) is 0.124. The number of halogens is 1. The van der Waals surface area contributed by atoms with Gasteiger partial charge in [-0.15, -0.1) is 0 Å². The van der Waals surface area contributed by atoms with Crippen molar-refractivity contribution < 1.29 is 13.9 Å². The summed E-state index contributed by atoms with van der Waals surface area (Å²) in [7, 11) is 0. The van der Waals surface area contributed by atoms with E-state index in [1.54, 1.807) is 6.07 Å². The van der Waals surface area contributed by atoms with Crippen LogP contribution in [0, 0.1) is 5.82 Å². The molecule has 0 unspecified atom stereocenters. The predicted octanol–water partition coefficient (Wildman–Crippen LogP) is 5.54. The fourth-order valence-corrected chi connectivity index (χ4v) is 4.15. The molecule has 0 aliphatic heterocycles. The van der Waals surface area contributed by atoms with Crippen molar-refractivity contribution in [2.45, 2.75) is 57.9 Å². The smallest absolute Gasteiger partial charge is 0.324 e. The van der Waals surface area contributed by atoms with E-state index in [9.17, 15) is 9.18 Å². The maximum absolute atomic E-state index is 14.8. The van der Waals surface area contributed by atoms with Crippen molar-refractivity contribution in [1.29, 1.82) is 0 Å². The van der Waals surface area contributed by atoms with Crippen LogP contribution in [0.5, 0.6) is 11.6 Å². The Morgan fingerprint density at radius 1 is 1.17 bits per heavy atom. The number of nitrogens with zero attached hydrogens (tertiary/aromatic N) is 5. The number of carbonyl (C=O) groups excluding carboxylic acids is 1. The average molecular weight is 479 g/mol. The van der Waals surface area contributed by atoms with Crippen LogP contribution in [-0.4, -0.2) is 36.0 Å². The molecule has 1 aliphatic carbocycles. The van der Waals surface area contributed by atoms with Gasteiger partial charge in [0.25, 0.3) is 0 Å². The molecule has 182 valence electrons. The highest BCUT2D eigenvalue weighted by molar-refractivity contribution is 5.99. The Morgan fingerprint density at radius 3 is 2.71 bits per heavy atom. The van der Waals surface area contributed by atoms with Crippen LogP contribution >= 0.6 is 0 Å². The molecule has 2 amide bonds. The first kappa shape index (κ1) is 22.8. The number of hydrogen-bond donors (Lipinski definition) is 3. The number of amides is 2. The number of ether oxygens (including phenoxy) is 1. The van der Waals surface area contributed by atoms with Gasteiger partial charge in [0, 0.05) is 23.2 Å². The molecule has 3 N–H and O–H groups in total. The highest BCUT2D eigenvalue weighted by Crippen LogP contribution is 2.34. The van der Waals surface area contributed by atoms with Crippen molar-refractivity contribution in [3.8, 4) is 11.6 Å². The lowest BCUT2D eigenvalue weighted by Gasteiger charge is -2.16. The Kier molecular flexibility index (Phi) is 5.83. The summed E-state index contributed by atoms with van der Waals surface area (Å²) < 4.78 is 22.3. The standard InChI is InChI=1S/C24H27FN8O2/c1-24(2,3)19-11-20(33(32-19)15-6-4-5-7-15)30-23(34)29-14-8-9-18(17(25)10-14)35-22-16-12-28-31-21(16)26-13-27-22/h8-13,15H,4-7H2,1-3H3,(H2,29,30,34)(H,26,27,28,31). The van der Waals surface area contributed by atoms with E-state index in [-0.39, 0.29) is 28.8 Å². The molecule has 3 aromatic heterocycles. The number of aromatic nitrogens is 6. The summed E-state index contributed by atoms with van der Waals surface area (Å²) in [6, 6.07) is 5.87. The van der Waals surface area contributed by atoms with Gasteiger partial charge in [-0.05, 0) is 25.0 Å². The summed E-state index contributed by atoms with van der Waals surface area (Å²) in [4.78, 5) is 20.8. The second-order valence-corrected chi connectivity index (χ2v) is 9.69. The van der Waals surface area contributed by atoms with Crippen LogP contribution in [0.2, 0.25) is 0 Å². The maximum atomic E-state index is 14.8. The SMILES string of the molecule is CC(C)(C)c1cc(NC(=O)Nc2ccc(Oc3ncnc4[nH]ncc34)c(F)c2)n(C2CCCC2)n1. The first-order valence-electron chi connectivity index (χ1n) is 11.6. The van der Waals surface area contributed by atoms with Crippen LogP contribution in [0.15, 0.2) is 36.8 Å². The molecule has 0 bridgehead atoms. The number of H-pyrrole nitrogens is 1. The number of nitrogens with one attached hydrogen (secondary N) is 3. The predicted molar refractivity (Wildman–Crippen MR) is 129 cm³/mol. The molecule has 1 saturated carbocycles. The van der Waals surface area contributed by atoms with E-state index in [0.717, 1.165) is 31.4 Å². The Labute approximate surface area is 201 Å². The Morgan fingerprint density at radius 2 is 1.97 bits per heavy atom. The maximum Gasteiger partial charge on any atom is 0.324 e. The summed E-state index contributed by atoms with van der Waals surface area (Å²) >= 11 is 0. The van der Waals surface area contributed by atoms with E-state index >= 15 is 0 Å². The minimum atomic E-state index is -0.649. The van der Waals surface area contributed by atoms with E-state index in [1.165, 1.54) is 24.7 Å². The third kappa shape index (κ3) is 4.79. The van der Waals surface area contributed by atoms with Crippen molar-refractivity contribution >= 4 is 28.6 Å². The van der Waals surface area contributed by atoms with Crippen LogP contribution in [-0.2, 0) is 5.41 Å². The van der Waals surface area contributed by atoms with Gasteiger partial charge in [0.15, 0.2) is 17.2 Å². The van der Waals surface area contributed by atoms with E-state index in [1.807, 2.05) is 10.7 Å². The van der Waals surface area contributed by atoms with Crippen molar-refractivity contribution in [1.82, 2.24) is 29.9 Å². The number of benzene rings is 1. The van der Waals surface area contributed by atoms with Crippen molar-refractivity contribution in [2.75, 3.05) is 10.6 Å². The van der Waals surface area contributed by atoms with Gasteiger partial charge in [-0.2, -0.15) is 10.2 Å². The molecule has 0 radical (unpaired) electrons. The first-order chi connectivity index (χ1) is 16.8. The number of rotatable bonds is 5. The molecule has 0 atom stereocenters. The van der Waals surface area contributed by atoms with Gasteiger partial charge in [-0.25, -0.2) is 23.8 Å². The number of anilines is 2. The number of urea groups is 1. The summed E-state index contributed by atoms with van der Waals surface area (Å²) in [5.41, 5.74) is 1.52. The van der Waals surface area contributed by atoms with E-state index < -0.39 is 11.8 Å². The van der Waals surface area contributed by atoms with Gasteiger partial charge >= 0.3 is 6.03 Å². The quantitative estimate of drug-likeness (QED) is 0.346. The Bertz CT molecular complexity index is 1370. The monoisotopic (exact) mass is 478 g/mol. The van der Waals surface area contributed by atoms with Crippen molar-refractivity contribution in [3.05, 3.63) is 48.3 Å². The van der Waals surface area contributed by atoms with E-state index in [0.29, 0.717) is 16.9 Å². The van der Waals surface area contributed by atoms with Crippen LogP contribution in [0.4, 0.5) is 20.7 Å². The number of carbonyl (C=O) groups is 1. The molecule has 10 nitrogen and oxygen atoms in total. The molecule has 0 saturated heterocycles. The summed E-state index contributed by atoms with van der Waals surface area (Å²) in [5, 5.41) is 17.5. The molecule has 4 aromatic rings. The van der Waals surface area contributed by atoms with Gasteiger partial charge < -0.3 is 10.1 Å². The highest BCUT2D eigenvalue weighted by atomic mass is 19.1. The molecule has 1 aromatic carbocycles. The van der Waals surface area contributed by atoms with Crippen molar-refractivity contribution in [2.24, 2.45) is 0 Å². The van der Waals surface area contributed by atoms with Gasteiger partial charge in [0.1, 0.15) is 17.5 Å². The first-order valence-corrected chi connectivity index (χ1v) is 11.6. The second-order valence-electron chi connectivity index (χ2n) is 9.69. The molecule has 35 heavy (non-hydrogen) atoms. The normalized spacial score (nSPS) is 14.4. The Hall–Kier alpha value is -4.02. The van der Waals surface area contributed by atoms with Crippen LogP contribution < -0.4 is 15.4 Å². The zero-order chi connectivity index (χ0) is 24.6. The second kappa shape index (κ2) is 8.97. The van der Waals surface area contributed by atoms with E-state index in [2.05, 4.69) is 51.6 Å². The lowest BCUT2D eigenvalue weighted by molar-refractivity contribution is 0.262. The molecule has 5 rings (SSSR count). The third-order valence-electron chi connectivity index (χ3n) is 6.02. The van der Waals surface area contributed by atoms with Crippen LogP contribution in [0.3, 0.4) is 0 Å². The topological polar surface area (TPSA) is 123 Å². The fourth-order valence-electron chi connectivity index (χ4n) is 4.15. The number of fused-ring (bicyclic) bond motifs is 1. The molecule has 3 heterocycles. The van der Waals surface area contributed by atoms with Crippen LogP contribution in [0.1, 0.15) is 58.2 Å². The average Bonchev–Trinajstić information content (AvgIpc) is 3.55. The lowest BCUT2D eigenvalue weighted by atomic mass is 9.92. The molecular formula is C24H27FN8O2. The van der Waals surface area contributed by atoms with Gasteiger partial charge in [0.2, 0.25) is 5.88 Å². The summed E-state index contributed by atoms with van der Waals surface area (Å²) in [6.07, 6.45) is 7.17. The highest BCUT2D eigenvalue weighted by Gasteiger charge is 2.26. The lowest BCUT2D eigenvalue weighted by Crippen LogP contribution is -2.22. The van der Waals surface area contributed by atoms with Gasteiger partial charge in [-0.1, -0.05) is 33.6 Å². The zero-order valence-corrected chi connectivity index (χ0v) is 19.8. The molecule has 1 fully saturated rings. The van der Waals surface area contributed by atoms with Gasteiger partial charge in [-0.3, -0.25) is 10.4 Å². The molecule has 0 spiro atoms.